The summed E-state index contributed by atoms with van der Waals surface area (Å²) in [4.78, 5) is 0. The average Bonchev–Trinajstić information content (AvgIpc) is 2.57. The minimum Gasteiger partial charge on any atom is -0.253 e. The van der Waals surface area contributed by atoms with Crippen LogP contribution in [0, 0.1) is 17.4 Å². The van der Waals surface area contributed by atoms with Crippen LogP contribution in [0.1, 0.15) is 5.56 Å². The highest BCUT2D eigenvalue weighted by Gasteiger charge is 2.06. The van der Waals surface area contributed by atoms with E-state index in [2.05, 4.69) is 0 Å². The van der Waals surface area contributed by atoms with E-state index >= 15 is 0 Å². The Morgan fingerprint density at radius 1 is 1.36 bits per heavy atom. The second kappa shape index (κ2) is 3.63. The molecule has 1 aromatic carbocycles. The molecule has 2 rings (SSSR count). The molecule has 1 heterocycles. The van der Waals surface area contributed by atoms with Crippen LogP contribution in [0.25, 0.3) is 5.69 Å². The molecular weight excluding hydrogens is 217 g/mol. The third kappa shape index (κ3) is 1.51. The van der Waals surface area contributed by atoms with E-state index in [1.807, 2.05) is 11.4 Å². The van der Waals surface area contributed by atoms with Crippen molar-refractivity contribution in [3.8, 4) is 5.69 Å². The van der Waals surface area contributed by atoms with Crippen molar-refractivity contribution >= 4 is 23.8 Å². The normalized spacial score (nSPS) is 10.4. The number of hydrogen-bond acceptors (Lipinski definition) is 2. The van der Waals surface area contributed by atoms with Crippen LogP contribution in [-0.4, -0.2) is 3.96 Å². The molecule has 0 fully saturated rings. The van der Waals surface area contributed by atoms with E-state index in [1.165, 1.54) is 11.5 Å². The van der Waals surface area contributed by atoms with E-state index in [-0.39, 0.29) is 5.82 Å². The van der Waals surface area contributed by atoms with Crippen molar-refractivity contribution < 1.29 is 4.39 Å². The zero-order chi connectivity index (χ0) is 10.1. The summed E-state index contributed by atoms with van der Waals surface area (Å²) in [6.07, 6.45) is 0. The number of rotatable bonds is 1. The molecule has 0 unspecified atom stereocenters. The van der Waals surface area contributed by atoms with Gasteiger partial charge in [-0.05, 0) is 24.6 Å². The third-order valence-corrected chi connectivity index (χ3v) is 3.26. The summed E-state index contributed by atoms with van der Waals surface area (Å²) in [6.45, 7) is 1.75. The Morgan fingerprint density at radius 2 is 2.14 bits per heavy atom. The van der Waals surface area contributed by atoms with Crippen LogP contribution in [0.15, 0.2) is 29.6 Å². The topological polar surface area (TPSA) is 4.93 Å². The Balaban J connectivity index is 2.69. The van der Waals surface area contributed by atoms with Gasteiger partial charge in [0.2, 0.25) is 0 Å². The summed E-state index contributed by atoms with van der Waals surface area (Å²) < 4.78 is 16.0. The molecule has 0 atom stereocenters. The Labute approximate surface area is 90.6 Å². The van der Waals surface area contributed by atoms with Crippen LogP contribution in [0.5, 0.6) is 0 Å². The van der Waals surface area contributed by atoms with Crippen molar-refractivity contribution in [2.24, 2.45) is 0 Å². The molecule has 0 aliphatic heterocycles. The minimum atomic E-state index is -0.203. The lowest BCUT2D eigenvalue weighted by Crippen LogP contribution is -1.95. The predicted molar refractivity (Wildman–Crippen MR) is 59.2 cm³/mol. The first-order valence-electron chi connectivity index (χ1n) is 4.12. The van der Waals surface area contributed by atoms with Crippen LogP contribution in [0.2, 0.25) is 0 Å². The van der Waals surface area contributed by atoms with Gasteiger partial charge in [0.25, 0.3) is 0 Å². The van der Waals surface area contributed by atoms with Gasteiger partial charge in [-0.25, -0.2) is 4.39 Å². The molecule has 0 radical (unpaired) electrons. The smallest absolute Gasteiger partial charge is 0.151 e. The summed E-state index contributed by atoms with van der Waals surface area (Å²) in [7, 11) is 0. The minimum absolute atomic E-state index is 0.203. The first-order valence-corrected chi connectivity index (χ1v) is 5.37. The highest BCUT2D eigenvalue weighted by molar-refractivity contribution is 7.71. The van der Waals surface area contributed by atoms with Gasteiger partial charge in [-0.3, -0.25) is 3.96 Å². The summed E-state index contributed by atoms with van der Waals surface area (Å²) in [6, 6.07) is 7.10. The molecule has 0 spiro atoms. The first kappa shape index (κ1) is 9.55. The van der Waals surface area contributed by atoms with Gasteiger partial charge in [0.15, 0.2) is 5.82 Å². The van der Waals surface area contributed by atoms with Crippen molar-refractivity contribution in [3.05, 3.63) is 45.7 Å². The maximum absolute atomic E-state index is 13.7. The second-order valence-corrected chi connectivity index (χ2v) is 4.22. The van der Waals surface area contributed by atoms with Gasteiger partial charge in [0.1, 0.15) is 4.64 Å². The molecule has 0 aliphatic carbocycles. The van der Waals surface area contributed by atoms with Gasteiger partial charge in [-0.1, -0.05) is 35.9 Å². The zero-order valence-corrected chi connectivity index (χ0v) is 9.16. The third-order valence-electron chi connectivity index (χ3n) is 1.97. The van der Waals surface area contributed by atoms with Gasteiger partial charge in [0.05, 0.1) is 5.69 Å². The summed E-state index contributed by atoms with van der Waals surface area (Å²) >= 11 is 6.47. The van der Waals surface area contributed by atoms with E-state index in [0.717, 1.165) is 0 Å². The van der Waals surface area contributed by atoms with Gasteiger partial charge in [-0.2, -0.15) is 0 Å². The highest BCUT2D eigenvalue weighted by Crippen LogP contribution is 2.19. The number of aromatic nitrogens is 1. The van der Waals surface area contributed by atoms with Crippen LogP contribution in [0.4, 0.5) is 4.39 Å². The second-order valence-electron chi connectivity index (χ2n) is 2.95. The fourth-order valence-electron chi connectivity index (χ4n) is 1.23. The molecular formula is C10H8FNS2. The number of nitrogens with zero attached hydrogens (tertiary/aromatic N) is 1. The largest absolute Gasteiger partial charge is 0.253 e. The number of halogens is 1. The SMILES string of the molecule is Cc1cccc(-n2sccc2=S)c1F. The molecule has 14 heavy (non-hydrogen) atoms. The Bertz CT molecular complexity index is 513. The van der Waals surface area contributed by atoms with Crippen molar-refractivity contribution in [2.45, 2.75) is 6.92 Å². The first-order chi connectivity index (χ1) is 6.70. The Hall–Kier alpha value is -1.00. The average molecular weight is 225 g/mol. The summed E-state index contributed by atoms with van der Waals surface area (Å²) in [5.74, 6) is -0.203. The van der Waals surface area contributed by atoms with Crippen LogP contribution >= 0.6 is 23.8 Å². The molecule has 1 nitrogen and oxygen atoms in total. The van der Waals surface area contributed by atoms with E-state index < -0.39 is 0 Å². The van der Waals surface area contributed by atoms with Crippen LogP contribution in [-0.2, 0) is 0 Å². The van der Waals surface area contributed by atoms with Gasteiger partial charge >= 0.3 is 0 Å². The standard InChI is InChI=1S/C10H8FNS2/c1-7-3-2-4-8(10(7)11)12-9(13)5-6-14-12/h2-6H,1H3. The monoisotopic (exact) mass is 225 g/mol. The molecule has 0 saturated heterocycles. The maximum Gasteiger partial charge on any atom is 0.151 e. The van der Waals surface area contributed by atoms with Crippen molar-refractivity contribution in [3.63, 3.8) is 0 Å². The molecule has 0 saturated carbocycles. The Kier molecular flexibility index (Phi) is 2.48. The number of hydrogen-bond donors (Lipinski definition) is 0. The van der Waals surface area contributed by atoms with E-state index in [0.29, 0.717) is 15.9 Å². The molecule has 0 bridgehead atoms. The molecule has 0 N–H and O–H groups in total. The van der Waals surface area contributed by atoms with Gasteiger partial charge in [-0.15, -0.1) is 0 Å². The number of benzene rings is 1. The molecule has 0 amide bonds. The summed E-state index contributed by atoms with van der Waals surface area (Å²) in [5, 5.41) is 1.85. The van der Waals surface area contributed by atoms with Crippen LogP contribution in [0.3, 0.4) is 0 Å². The zero-order valence-electron chi connectivity index (χ0n) is 7.53. The van der Waals surface area contributed by atoms with Gasteiger partial charge in [0, 0.05) is 5.38 Å². The van der Waals surface area contributed by atoms with E-state index in [4.69, 9.17) is 12.2 Å². The maximum atomic E-state index is 13.7. The molecule has 1 aromatic heterocycles. The summed E-state index contributed by atoms with van der Waals surface area (Å²) in [5.41, 5.74) is 1.17. The molecule has 4 heteroatoms. The Morgan fingerprint density at radius 3 is 2.79 bits per heavy atom. The van der Waals surface area contributed by atoms with E-state index in [1.54, 1.807) is 29.1 Å². The fraction of sp³-hybridized carbons (Fsp3) is 0.100. The predicted octanol–water partition coefficient (Wildman–Crippen LogP) is 3.72. The van der Waals surface area contributed by atoms with Crippen molar-refractivity contribution in [1.82, 2.24) is 3.96 Å². The number of aryl methyl sites for hydroxylation is 1. The lowest BCUT2D eigenvalue weighted by molar-refractivity contribution is 0.612. The lowest BCUT2D eigenvalue weighted by atomic mass is 10.2. The molecule has 0 aliphatic rings. The fourth-order valence-corrected chi connectivity index (χ4v) is 2.35. The van der Waals surface area contributed by atoms with Gasteiger partial charge < -0.3 is 0 Å². The molecule has 2 aromatic rings. The van der Waals surface area contributed by atoms with Crippen molar-refractivity contribution in [2.75, 3.05) is 0 Å². The lowest BCUT2D eigenvalue weighted by Gasteiger charge is -2.04. The van der Waals surface area contributed by atoms with Crippen molar-refractivity contribution in [1.29, 1.82) is 0 Å². The quantitative estimate of drug-likeness (QED) is 0.670. The molecule has 72 valence electrons. The highest BCUT2D eigenvalue weighted by atomic mass is 32.1. The van der Waals surface area contributed by atoms with Crippen LogP contribution < -0.4 is 0 Å². The van der Waals surface area contributed by atoms with E-state index in [9.17, 15) is 4.39 Å².